The average molecular weight is 252 g/mol. The van der Waals surface area contributed by atoms with Gasteiger partial charge in [0.15, 0.2) is 0 Å². The van der Waals surface area contributed by atoms with Crippen molar-refractivity contribution in [2.75, 3.05) is 14.2 Å². The molecule has 0 spiro atoms. The van der Waals surface area contributed by atoms with Crippen LogP contribution in [0.15, 0.2) is 12.1 Å². The Morgan fingerprint density at radius 2 is 2.06 bits per heavy atom. The first kappa shape index (κ1) is 12.7. The molecule has 0 amide bonds. The van der Waals surface area contributed by atoms with Gasteiger partial charge in [0.1, 0.15) is 11.5 Å². The molecule has 1 aliphatic carbocycles. The highest BCUT2D eigenvalue weighted by Gasteiger charge is 2.32. The number of aliphatic carboxylic acids is 1. The summed E-state index contributed by atoms with van der Waals surface area (Å²) in [7, 11) is 3.06. The van der Waals surface area contributed by atoms with Crippen molar-refractivity contribution < 1.29 is 24.5 Å². The van der Waals surface area contributed by atoms with Crippen molar-refractivity contribution in [2.45, 2.75) is 18.9 Å². The second-order valence-electron chi connectivity index (χ2n) is 4.39. The van der Waals surface area contributed by atoms with E-state index in [2.05, 4.69) is 0 Å². The minimum atomic E-state index is -0.891. The lowest BCUT2D eigenvalue weighted by Gasteiger charge is -2.28. The zero-order chi connectivity index (χ0) is 13.3. The molecule has 1 aromatic rings. The van der Waals surface area contributed by atoms with Crippen LogP contribution in [0.3, 0.4) is 0 Å². The van der Waals surface area contributed by atoms with Crippen LogP contribution in [0.1, 0.15) is 23.7 Å². The van der Waals surface area contributed by atoms with Gasteiger partial charge in [-0.25, -0.2) is 0 Å². The SMILES string of the molecule is COc1cc(OC)c2c(c1)C(O)CC(C(=O)O)C2. The van der Waals surface area contributed by atoms with Crippen molar-refractivity contribution in [2.24, 2.45) is 5.92 Å². The molecule has 5 nitrogen and oxygen atoms in total. The molecule has 0 saturated heterocycles. The van der Waals surface area contributed by atoms with Gasteiger partial charge >= 0.3 is 5.97 Å². The van der Waals surface area contributed by atoms with E-state index in [0.717, 1.165) is 5.56 Å². The number of carboxylic acid groups (broad SMARTS) is 1. The molecule has 98 valence electrons. The molecule has 2 atom stereocenters. The van der Waals surface area contributed by atoms with E-state index in [1.807, 2.05) is 0 Å². The zero-order valence-electron chi connectivity index (χ0n) is 10.3. The Bertz CT molecular complexity index is 469. The van der Waals surface area contributed by atoms with E-state index in [0.29, 0.717) is 23.5 Å². The van der Waals surface area contributed by atoms with E-state index in [4.69, 9.17) is 14.6 Å². The average Bonchev–Trinajstić information content (AvgIpc) is 2.37. The number of hydrogen-bond acceptors (Lipinski definition) is 4. The fourth-order valence-electron chi connectivity index (χ4n) is 2.37. The number of carboxylic acids is 1. The second kappa shape index (κ2) is 4.86. The smallest absolute Gasteiger partial charge is 0.306 e. The van der Waals surface area contributed by atoms with Gasteiger partial charge in [0.05, 0.1) is 26.2 Å². The van der Waals surface area contributed by atoms with Crippen LogP contribution in [0.25, 0.3) is 0 Å². The Hall–Kier alpha value is -1.75. The van der Waals surface area contributed by atoms with Crippen molar-refractivity contribution in [3.8, 4) is 11.5 Å². The minimum Gasteiger partial charge on any atom is -0.497 e. The van der Waals surface area contributed by atoms with Crippen LogP contribution in [0.5, 0.6) is 11.5 Å². The van der Waals surface area contributed by atoms with Crippen LogP contribution >= 0.6 is 0 Å². The van der Waals surface area contributed by atoms with Gasteiger partial charge in [-0.05, 0) is 24.5 Å². The minimum absolute atomic E-state index is 0.221. The molecule has 1 aliphatic rings. The van der Waals surface area contributed by atoms with Crippen LogP contribution in [0.4, 0.5) is 0 Å². The maximum Gasteiger partial charge on any atom is 0.306 e. The molecular formula is C13H16O5. The molecule has 0 aromatic heterocycles. The molecule has 0 fully saturated rings. The fraction of sp³-hybridized carbons (Fsp3) is 0.462. The van der Waals surface area contributed by atoms with Gasteiger partial charge < -0.3 is 19.7 Å². The Balaban J connectivity index is 2.48. The topological polar surface area (TPSA) is 76.0 Å². The first-order valence-electron chi connectivity index (χ1n) is 5.72. The van der Waals surface area contributed by atoms with Gasteiger partial charge in [0.25, 0.3) is 0 Å². The monoisotopic (exact) mass is 252 g/mol. The van der Waals surface area contributed by atoms with Crippen molar-refractivity contribution in [1.29, 1.82) is 0 Å². The van der Waals surface area contributed by atoms with Gasteiger partial charge in [-0.3, -0.25) is 4.79 Å². The quantitative estimate of drug-likeness (QED) is 0.850. The molecule has 0 heterocycles. The highest BCUT2D eigenvalue weighted by atomic mass is 16.5. The molecule has 2 unspecified atom stereocenters. The van der Waals surface area contributed by atoms with E-state index in [1.54, 1.807) is 12.1 Å². The van der Waals surface area contributed by atoms with E-state index >= 15 is 0 Å². The number of hydrogen-bond donors (Lipinski definition) is 2. The molecule has 2 N–H and O–H groups in total. The standard InChI is InChI=1S/C13H16O5/c1-17-8-5-9-10(12(6-8)18-2)3-7(13(15)16)4-11(9)14/h5-7,11,14H,3-4H2,1-2H3,(H,15,16). The van der Waals surface area contributed by atoms with Crippen molar-refractivity contribution in [3.05, 3.63) is 23.3 Å². The summed E-state index contributed by atoms with van der Waals surface area (Å²) in [6.45, 7) is 0. The Morgan fingerprint density at radius 3 is 2.61 bits per heavy atom. The van der Waals surface area contributed by atoms with Crippen LogP contribution in [0, 0.1) is 5.92 Å². The number of rotatable bonds is 3. The molecule has 18 heavy (non-hydrogen) atoms. The van der Waals surface area contributed by atoms with E-state index < -0.39 is 18.0 Å². The third-order valence-corrected chi connectivity index (χ3v) is 3.34. The summed E-state index contributed by atoms with van der Waals surface area (Å²) >= 11 is 0. The maximum atomic E-state index is 11.1. The number of aliphatic hydroxyl groups excluding tert-OH is 1. The van der Waals surface area contributed by atoms with E-state index in [9.17, 15) is 9.90 Å². The predicted octanol–water partition coefficient (Wildman–Crippen LogP) is 1.38. The van der Waals surface area contributed by atoms with Crippen molar-refractivity contribution in [1.82, 2.24) is 0 Å². The summed E-state index contributed by atoms with van der Waals surface area (Å²) in [5, 5.41) is 19.1. The lowest BCUT2D eigenvalue weighted by Crippen LogP contribution is -2.25. The van der Waals surface area contributed by atoms with Crippen LogP contribution < -0.4 is 9.47 Å². The van der Waals surface area contributed by atoms with Crippen molar-refractivity contribution >= 4 is 5.97 Å². The van der Waals surface area contributed by atoms with Gasteiger partial charge in [0.2, 0.25) is 0 Å². The van der Waals surface area contributed by atoms with Gasteiger partial charge in [-0.1, -0.05) is 0 Å². The molecule has 0 aliphatic heterocycles. The highest BCUT2D eigenvalue weighted by Crippen LogP contribution is 2.40. The maximum absolute atomic E-state index is 11.1. The predicted molar refractivity (Wildman–Crippen MR) is 64.0 cm³/mol. The third-order valence-electron chi connectivity index (χ3n) is 3.34. The van der Waals surface area contributed by atoms with Crippen LogP contribution in [-0.4, -0.2) is 30.4 Å². The molecule has 0 saturated carbocycles. The number of carbonyl (C=O) groups is 1. The van der Waals surface area contributed by atoms with Crippen molar-refractivity contribution in [3.63, 3.8) is 0 Å². The molecule has 1 aromatic carbocycles. The number of ether oxygens (including phenoxy) is 2. The van der Waals surface area contributed by atoms with E-state index in [1.165, 1.54) is 14.2 Å². The van der Waals surface area contributed by atoms with Gasteiger partial charge in [0, 0.05) is 11.6 Å². The summed E-state index contributed by atoms with van der Waals surface area (Å²) in [5.41, 5.74) is 1.45. The van der Waals surface area contributed by atoms with Gasteiger partial charge in [-0.2, -0.15) is 0 Å². The lowest BCUT2D eigenvalue weighted by molar-refractivity contribution is -0.143. The van der Waals surface area contributed by atoms with E-state index in [-0.39, 0.29) is 6.42 Å². The Morgan fingerprint density at radius 1 is 1.33 bits per heavy atom. The lowest BCUT2D eigenvalue weighted by atomic mass is 9.81. The largest absolute Gasteiger partial charge is 0.497 e. The number of benzene rings is 1. The first-order chi connectivity index (χ1) is 8.56. The van der Waals surface area contributed by atoms with Crippen LogP contribution in [0.2, 0.25) is 0 Å². The molecule has 0 radical (unpaired) electrons. The Kier molecular flexibility index (Phi) is 3.43. The summed E-state index contributed by atoms with van der Waals surface area (Å²) in [6, 6.07) is 3.44. The summed E-state index contributed by atoms with van der Waals surface area (Å²) < 4.78 is 10.4. The normalized spacial score (nSPS) is 22.2. The summed E-state index contributed by atoms with van der Waals surface area (Å²) in [4.78, 5) is 11.1. The highest BCUT2D eigenvalue weighted by molar-refractivity contribution is 5.71. The number of fused-ring (bicyclic) bond motifs is 1. The fourth-order valence-corrected chi connectivity index (χ4v) is 2.37. The molecule has 2 rings (SSSR count). The molecule has 5 heteroatoms. The van der Waals surface area contributed by atoms with Crippen LogP contribution in [-0.2, 0) is 11.2 Å². The first-order valence-corrected chi connectivity index (χ1v) is 5.72. The summed E-state index contributed by atoms with van der Waals surface area (Å²) in [6.07, 6.45) is -0.202. The van der Waals surface area contributed by atoms with Gasteiger partial charge in [-0.15, -0.1) is 0 Å². The molecule has 0 bridgehead atoms. The third kappa shape index (κ3) is 2.13. The molecular weight excluding hydrogens is 236 g/mol. The number of aliphatic hydroxyl groups is 1. The zero-order valence-corrected chi connectivity index (χ0v) is 10.3. The summed E-state index contributed by atoms with van der Waals surface area (Å²) in [5.74, 6) is -0.305. The number of methoxy groups -OCH3 is 2. The second-order valence-corrected chi connectivity index (χ2v) is 4.39. The Labute approximate surface area is 105 Å².